The van der Waals surface area contributed by atoms with Gasteiger partial charge in [-0.1, -0.05) is 13.8 Å². The second kappa shape index (κ2) is 5.30. The van der Waals surface area contributed by atoms with E-state index in [2.05, 4.69) is 24.5 Å². The van der Waals surface area contributed by atoms with E-state index in [9.17, 15) is 9.90 Å². The Morgan fingerprint density at radius 2 is 2.18 bits per heavy atom. The summed E-state index contributed by atoms with van der Waals surface area (Å²) in [5, 5.41) is 15.9. The van der Waals surface area contributed by atoms with Crippen LogP contribution >= 0.6 is 0 Å². The first-order valence-corrected chi connectivity index (χ1v) is 8.12. The SMILES string of the molecule is Cc1cc2c(o1)CC(C)(C)CC2NC(=O)NCC1(O)CCC1. The smallest absolute Gasteiger partial charge is 0.315 e. The molecule has 2 aliphatic carbocycles. The van der Waals surface area contributed by atoms with Gasteiger partial charge in [-0.3, -0.25) is 0 Å². The fourth-order valence-corrected chi connectivity index (χ4v) is 3.53. The van der Waals surface area contributed by atoms with E-state index in [0.717, 1.165) is 49.2 Å². The zero-order valence-electron chi connectivity index (χ0n) is 13.7. The maximum Gasteiger partial charge on any atom is 0.315 e. The minimum Gasteiger partial charge on any atom is -0.466 e. The Morgan fingerprint density at radius 1 is 1.45 bits per heavy atom. The molecule has 3 rings (SSSR count). The molecule has 1 atom stereocenters. The summed E-state index contributed by atoms with van der Waals surface area (Å²) in [4.78, 5) is 12.2. The lowest BCUT2D eigenvalue weighted by atomic mass is 9.75. The highest BCUT2D eigenvalue weighted by atomic mass is 16.3. The van der Waals surface area contributed by atoms with Crippen LogP contribution in [0.4, 0.5) is 4.79 Å². The quantitative estimate of drug-likeness (QED) is 0.804. The molecule has 22 heavy (non-hydrogen) atoms. The molecular formula is C17H26N2O3. The predicted octanol–water partition coefficient (Wildman–Crippen LogP) is 2.82. The summed E-state index contributed by atoms with van der Waals surface area (Å²) in [6, 6.07) is 1.77. The number of aryl methyl sites for hydroxylation is 1. The van der Waals surface area contributed by atoms with Crippen LogP contribution in [0.5, 0.6) is 0 Å². The van der Waals surface area contributed by atoms with Crippen LogP contribution in [-0.4, -0.2) is 23.3 Å². The highest BCUT2D eigenvalue weighted by Gasteiger charge is 2.37. The molecule has 1 heterocycles. The van der Waals surface area contributed by atoms with Gasteiger partial charge in [-0.25, -0.2) is 4.79 Å². The number of fused-ring (bicyclic) bond motifs is 1. The van der Waals surface area contributed by atoms with Gasteiger partial charge in [-0.15, -0.1) is 0 Å². The lowest BCUT2D eigenvalue weighted by molar-refractivity contribution is -0.0291. The highest BCUT2D eigenvalue weighted by Crippen LogP contribution is 2.42. The number of rotatable bonds is 3. The van der Waals surface area contributed by atoms with Crippen molar-refractivity contribution in [2.75, 3.05) is 6.54 Å². The van der Waals surface area contributed by atoms with E-state index in [0.29, 0.717) is 6.54 Å². The van der Waals surface area contributed by atoms with Crippen LogP contribution in [0.15, 0.2) is 10.5 Å². The normalized spacial score (nSPS) is 25.0. The predicted molar refractivity (Wildman–Crippen MR) is 83.6 cm³/mol. The number of amides is 2. The van der Waals surface area contributed by atoms with E-state index < -0.39 is 5.60 Å². The second-order valence-corrected chi connectivity index (χ2v) is 7.74. The minimum atomic E-state index is -0.694. The molecule has 3 N–H and O–H groups in total. The van der Waals surface area contributed by atoms with Crippen molar-refractivity contribution in [1.29, 1.82) is 0 Å². The number of furan rings is 1. The lowest BCUT2D eigenvalue weighted by Gasteiger charge is -2.37. The van der Waals surface area contributed by atoms with Gasteiger partial charge in [0.25, 0.3) is 0 Å². The third-order valence-corrected chi connectivity index (χ3v) is 4.90. The molecule has 0 saturated heterocycles. The molecule has 0 bridgehead atoms. The lowest BCUT2D eigenvalue weighted by Crippen LogP contribution is -2.51. The molecule has 1 unspecified atom stereocenters. The number of carbonyl (C=O) groups is 1. The number of carbonyl (C=O) groups excluding carboxylic acids is 1. The molecule has 0 spiro atoms. The molecule has 122 valence electrons. The summed E-state index contributed by atoms with van der Waals surface area (Å²) < 4.78 is 5.78. The summed E-state index contributed by atoms with van der Waals surface area (Å²) in [5.74, 6) is 1.87. The first kappa shape index (κ1) is 15.4. The van der Waals surface area contributed by atoms with Gasteiger partial charge in [0.1, 0.15) is 11.5 Å². The van der Waals surface area contributed by atoms with Crippen LogP contribution in [0, 0.1) is 12.3 Å². The average Bonchev–Trinajstić information content (AvgIpc) is 2.73. The zero-order valence-corrected chi connectivity index (χ0v) is 13.7. The first-order chi connectivity index (χ1) is 10.3. The average molecular weight is 306 g/mol. The molecule has 2 aliphatic rings. The summed E-state index contributed by atoms with van der Waals surface area (Å²) in [6.45, 7) is 6.65. The van der Waals surface area contributed by atoms with Gasteiger partial charge in [0.15, 0.2) is 0 Å². The van der Waals surface area contributed by atoms with Gasteiger partial charge >= 0.3 is 6.03 Å². The highest BCUT2D eigenvalue weighted by molar-refractivity contribution is 5.74. The fourth-order valence-electron chi connectivity index (χ4n) is 3.53. The Hall–Kier alpha value is -1.49. The molecule has 2 amide bonds. The van der Waals surface area contributed by atoms with Gasteiger partial charge in [0.2, 0.25) is 0 Å². The van der Waals surface area contributed by atoms with Gasteiger partial charge in [-0.2, -0.15) is 0 Å². The molecule has 0 aromatic carbocycles. The van der Waals surface area contributed by atoms with Crippen LogP contribution in [0.2, 0.25) is 0 Å². The molecule has 1 aromatic rings. The topological polar surface area (TPSA) is 74.5 Å². The Bertz CT molecular complexity index is 572. The van der Waals surface area contributed by atoms with Crippen molar-refractivity contribution >= 4 is 6.03 Å². The number of hydrogen-bond acceptors (Lipinski definition) is 3. The van der Waals surface area contributed by atoms with Crippen molar-refractivity contribution in [2.24, 2.45) is 5.41 Å². The fraction of sp³-hybridized carbons (Fsp3) is 0.706. The van der Waals surface area contributed by atoms with E-state index >= 15 is 0 Å². The Labute approximate surface area is 131 Å². The van der Waals surface area contributed by atoms with E-state index in [4.69, 9.17) is 4.42 Å². The number of urea groups is 1. The standard InChI is InChI=1S/C17H26N2O3/c1-11-7-12-13(8-16(2,3)9-14(12)22-11)19-15(20)18-10-17(21)5-4-6-17/h7,13,21H,4-6,8-10H2,1-3H3,(H2,18,19,20). The molecule has 5 nitrogen and oxygen atoms in total. The molecule has 0 radical (unpaired) electrons. The number of hydrogen-bond donors (Lipinski definition) is 3. The maximum absolute atomic E-state index is 12.2. The third-order valence-electron chi connectivity index (χ3n) is 4.90. The van der Waals surface area contributed by atoms with Crippen molar-refractivity contribution in [3.63, 3.8) is 0 Å². The van der Waals surface area contributed by atoms with E-state index in [1.807, 2.05) is 13.0 Å². The Balaban J connectivity index is 1.64. The van der Waals surface area contributed by atoms with Crippen LogP contribution in [-0.2, 0) is 6.42 Å². The van der Waals surface area contributed by atoms with Gasteiger partial charge in [-0.05, 0) is 44.1 Å². The monoisotopic (exact) mass is 306 g/mol. The van der Waals surface area contributed by atoms with Crippen LogP contribution in [0.25, 0.3) is 0 Å². The largest absolute Gasteiger partial charge is 0.466 e. The Kier molecular flexibility index (Phi) is 3.71. The van der Waals surface area contributed by atoms with Crippen LogP contribution in [0.3, 0.4) is 0 Å². The van der Waals surface area contributed by atoms with Crippen molar-refractivity contribution < 1.29 is 14.3 Å². The van der Waals surface area contributed by atoms with E-state index in [1.165, 1.54) is 0 Å². The first-order valence-electron chi connectivity index (χ1n) is 8.12. The van der Waals surface area contributed by atoms with Crippen molar-refractivity contribution in [3.05, 3.63) is 23.2 Å². The van der Waals surface area contributed by atoms with Crippen LogP contribution < -0.4 is 10.6 Å². The molecule has 1 saturated carbocycles. The second-order valence-electron chi connectivity index (χ2n) is 7.74. The zero-order chi connectivity index (χ0) is 16.0. The van der Waals surface area contributed by atoms with Gasteiger partial charge in [0, 0.05) is 18.5 Å². The number of aliphatic hydroxyl groups is 1. The molecule has 5 heteroatoms. The molecular weight excluding hydrogens is 280 g/mol. The van der Waals surface area contributed by atoms with Crippen molar-refractivity contribution in [2.45, 2.75) is 64.5 Å². The molecule has 1 fully saturated rings. The van der Waals surface area contributed by atoms with Crippen molar-refractivity contribution in [1.82, 2.24) is 10.6 Å². The van der Waals surface area contributed by atoms with Crippen LogP contribution in [0.1, 0.15) is 62.7 Å². The van der Waals surface area contributed by atoms with E-state index in [-0.39, 0.29) is 17.5 Å². The van der Waals surface area contributed by atoms with E-state index in [1.54, 1.807) is 0 Å². The summed E-state index contributed by atoms with van der Waals surface area (Å²) in [7, 11) is 0. The Morgan fingerprint density at radius 3 is 2.82 bits per heavy atom. The maximum atomic E-state index is 12.2. The van der Waals surface area contributed by atoms with Gasteiger partial charge < -0.3 is 20.2 Å². The van der Waals surface area contributed by atoms with Crippen molar-refractivity contribution in [3.8, 4) is 0 Å². The molecule has 1 aromatic heterocycles. The minimum absolute atomic E-state index is 0.0350. The summed E-state index contributed by atoms with van der Waals surface area (Å²) in [6.07, 6.45) is 4.37. The summed E-state index contributed by atoms with van der Waals surface area (Å²) in [5.41, 5.74) is 0.497. The molecule has 0 aliphatic heterocycles. The van der Waals surface area contributed by atoms with Gasteiger partial charge in [0.05, 0.1) is 11.6 Å². The number of nitrogens with one attached hydrogen (secondary N) is 2. The summed E-state index contributed by atoms with van der Waals surface area (Å²) >= 11 is 0. The third kappa shape index (κ3) is 3.14.